The highest BCUT2D eigenvalue weighted by atomic mass is 16.5. The predicted molar refractivity (Wildman–Crippen MR) is 92.9 cm³/mol. The second-order valence-corrected chi connectivity index (χ2v) is 8.87. The van der Waals surface area contributed by atoms with E-state index in [2.05, 4.69) is 15.0 Å². The summed E-state index contributed by atoms with van der Waals surface area (Å²) < 4.78 is 5.32. The molecule has 5 heteroatoms. The maximum absolute atomic E-state index is 12.8. The number of aryl methyl sites for hydroxylation is 1. The van der Waals surface area contributed by atoms with Gasteiger partial charge in [0.15, 0.2) is 5.82 Å². The Labute approximate surface area is 149 Å². The Balaban J connectivity index is 1.14. The summed E-state index contributed by atoms with van der Waals surface area (Å²) >= 11 is 0. The van der Waals surface area contributed by atoms with Gasteiger partial charge in [0.1, 0.15) is 0 Å². The second-order valence-electron chi connectivity index (χ2n) is 8.87. The molecule has 1 amide bonds. The Morgan fingerprint density at radius 2 is 2.08 bits per heavy atom. The SMILES string of the molecule is O=C(CCc1nc(C2CC2)no1)N1CCC[C@@H]1C[C@H]1C[C@H]2CC[C@H]1C2. The first-order valence-corrected chi connectivity index (χ1v) is 10.4. The van der Waals surface area contributed by atoms with E-state index in [-0.39, 0.29) is 5.91 Å². The number of hydrogen-bond acceptors (Lipinski definition) is 4. The van der Waals surface area contributed by atoms with Crippen LogP contribution in [0.25, 0.3) is 0 Å². The third-order valence-corrected chi connectivity index (χ3v) is 7.14. The molecule has 0 unspecified atom stereocenters. The minimum absolute atomic E-state index is 0.289. The van der Waals surface area contributed by atoms with Crippen molar-refractivity contribution in [1.29, 1.82) is 0 Å². The molecular formula is C20H29N3O2. The predicted octanol–water partition coefficient (Wildman–Crippen LogP) is 3.70. The molecule has 0 N–H and O–H groups in total. The first-order chi connectivity index (χ1) is 12.3. The van der Waals surface area contributed by atoms with Crippen molar-refractivity contribution in [1.82, 2.24) is 15.0 Å². The number of carbonyl (C=O) groups excluding carboxylic acids is 1. The molecule has 4 fully saturated rings. The molecule has 1 aromatic rings. The molecule has 3 saturated carbocycles. The quantitative estimate of drug-likeness (QED) is 0.790. The molecule has 5 nitrogen and oxygen atoms in total. The Morgan fingerprint density at radius 3 is 2.84 bits per heavy atom. The van der Waals surface area contributed by atoms with Crippen LogP contribution in [0.2, 0.25) is 0 Å². The smallest absolute Gasteiger partial charge is 0.227 e. The fourth-order valence-corrected chi connectivity index (χ4v) is 5.66. The molecule has 2 bridgehead atoms. The van der Waals surface area contributed by atoms with Gasteiger partial charge in [0.2, 0.25) is 11.8 Å². The number of carbonyl (C=O) groups is 1. The van der Waals surface area contributed by atoms with Gasteiger partial charge in [0.25, 0.3) is 0 Å². The summed E-state index contributed by atoms with van der Waals surface area (Å²) in [5, 5.41) is 4.05. The van der Waals surface area contributed by atoms with Crippen LogP contribution < -0.4 is 0 Å². The Bertz CT molecular complexity index is 639. The first kappa shape index (κ1) is 15.8. The topological polar surface area (TPSA) is 59.2 Å². The van der Waals surface area contributed by atoms with Crippen LogP contribution in [0.5, 0.6) is 0 Å². The number of fused-ring (bicyclic) bond motifs is 2. The summed E-state index contributed by atoms with van der Waals surface area (Å²) in [6.45, 7) is 0.946. The molecule has 0 aromatic carbocycles. The van der Waals surface area contributed by atoms with Crippen molar-refractivity contribution in [3.63, 3.8) is 0 Å². The lowest BCUT2D eigenvalue weighted by atomic mass is 9.83. The lowest BCUT2D eigenvalue weighted by Gasteiger charge is -2.30. The lowest BCUT2D eigenvalue weighted by Crippen LogP contribution is -2.37. The molecule has 0 spiro atoms. The van der Waals surface area contributed by atoms with Crippen LogP contribution in [0.4, 0.5) is 0 Å². The van der Waals surface area contributed by atoms with Gasteiger partial charge < -0.3 is 9.42 Å². The molecule has 4 atom stereocenters. The van der Waals surface area contributed by atoms with Crippen molar-refractivity contribution >= 4 is 5.91 Å². The van der Waals surface area contributed by atoms with Crippen LogP contribution in [0.3, 0.4) is 0 Å². The van der Waals surface area contributed by atoms with E-state index in [4.69, 9.17) is 4.52 Å². The van der Waals surface area contributed by atoms with E-state index in [1.165, 1.54) is 57.8 Å². The second kappa shape index (κ2) is 6.40. The van der Waals surface area contributed by atoms with Crippen LogP contribution in [0.1, 0.15) is 81.8 Å². The van der Waals surface area contributed by atoms with Crippen LogP contribution >= 0.6 is 0 Å². The minimum Gasteiger partial charge on any atom is -0.340 e. The number of aromatic nitrogens is 2. The highest BCUT2D eigenvalue weighted by molar-refractivity contribution is 5.77. The van der Waals surface area contributed by atoms with E-state index in [1.807, 2.05) is 0 Å². The Hall–Kier alpha value is -1.39. The van der Waals surface area contributed by atoms with Crippen molar-refractivity contribution in [2.45, 2.75) is 82.6 Å². The highest BCUT2D eigenvalue weighted by Gasteiger charge is 2.42. The van der Waals surface area contributed by atoms with Crippen LogP contribution in [0, 0.1) is 17.8 Å². The van der Waals surface area contributed by atoms with Crippen molar-refractivity contribution in [2.75, 3.05) is 6.54 Å². The summed E-state index contributed by atoms with van der Waals surface area (Å²) in [6, 6.07) is 0.488. The van der Waals surface area contributed by atoms with Crippen LogP contribution in [-0.2, 0) is 11.2 Å². The average Bonchev–Trinajstić information content (AvgIpc) is 3.06. The van der Waals surface area contributed by atoms with E-state index in [9.17, 15) is 4.79 Å². The zero-order chi connectivity index (χ0) is 16.8. The zero-order valence-electron chi connectivity index (χ0n) is 15.0. The maximum atomic E-state index is 12.8. The Kier molecular flexibility index (Phi) is 4.05. The summed E-state index contributed by atoms with van der Waals surface area (Å²) in [6.07, 6.45) is 12.9. The lowest BCUT2D eigenvalue weighted by molar-refractivity contribution is -0.132. The molecular weight excluding hydrogens is 314 g/mol. The molecule has 25 heavy (non-hydrogen) atoms. The molecule has 0 radical (unpaired) electrons. The summed E-state index contributed by atoms with van der Waals surface area (Å²) in [7, 11) is 0. The van der Waals surface area contributed by atoms with Gasteiger partial charge in [0, 0.05) is 31.3 Å². The van der Waals surface area contributed by atoms with E-state index in [1.54, 1.807) is 0 Å². The van der Waals surface area contributed by atoms with Crippen molar-refractivity contribution in [2.24, 2.45) is 17.8 Å². The van der Waals surface area contributed by atoms with E-state index in [0.717, 1.165) is 30.1 Å². The monoisotopic (exact) mass is 343 g/mol. The summed E-state index contributed by atoms with van der Waals surface area (Å²) in [5.41, 5.74) is 0. The van der Waals surface area contributed by atoms with Gasteiger partial charge >= 0.3 is 0 Å². The molecule has 1 aliphatic heterocycles. The molecule has 4 aliphatic rings. The normalized spacial score (nSPS) is 34.2. The largest absolute Gasteiger partial charge is 0.340 e. The van der Waals surface area contributed by atoms with E-state index in [0.29, 0.717) is 30.7 Å². The summed E-state index contributed by atoms with van der Waals surface area (Å²) in [4.78, 5) is 19.4. The average molecular weight is 343 g/mol. The zero-order valence-corrected chi connectivity index (χ0v) is 15.0. The first-order valence-electron chi connectivity index (χ1n) is 10.4. The van der Waals surface area contributed by atoms with Gasteiger partial charge in [-0.2, -0.15) is 4.98 Å². The fraction of sp³-hybridized carbons (Fsp3) is 0.850. The third kappa shape index (κ3) is 3.22. The molecule has 5 rings (SSSR count). The maximum Gasteiger partial charge on any atom is 0.227 e. The van der Waals surface area contributed by atoms with Gasteiger partial charge in [0.05, 0.1) is 0 Å². The van der Waals surface area contributed by atoms with Crippen molar-refractivity contribution in [3.8, 4) is 0 Å². The Morgan fingerprint density at radius 1 is 1.16 bits per heavy atom. The van der Waals surface area contributed by atoms with Gasteiger partial charge in [-0.25, -0.2) is 0 Å². The molecule has 1 saturated heterocycles. The van der Waals surface area contributed by atoms with Crippen LogP contribution in [-0.4, -0.2) is 33.5 Å². The fourth-order valence-electron chi connectivity index (χ4n) is 5.66. The number of amides is 1. The van der Waals surface area contributed by atoms with Gasteiger partial charge in [-0.1, -0.05) is 11.6 Å². The number of rotatable bonds is 6. The van der Waals surface area contributed by atoms with Gasteiger partial charge in [-0.3, -0.25) is 4.79 Å². The van der Waals surface area contributed by atoms with E-state index >= 15 is 0 Å². The third-order valence-electron chi connectivity index (χ3n) is 7.14. The number of nitrogens with zero attached hydrogens (tertiary/aromatic N) is 3. The standard InChI is InChI=1S/C20H29N3O2/c24-19(8-7-18-21-20(22-25-18)14-5-6-14)23-9-1-2-17(23)12-16-11-13-3-4-15(16)10-13/h13-17H,1-12H2/t13-,15-,16+,17+/m0/s1. The molecule has 136 valence electrons. The molecule has 2 heterocycles. The number of hydrogen-bond donors (Lipinski definition) is 0. The van der Waals surface area contributed by atoms with Crippen LogP contribution in [0.15, 0.2) is 4.52 Å². The molecule has 3 aliphatic carbocycles. The van der Waals surface area contributed by atoms with Crippen molar-refractivity contribution in [3.05, 3.63) is 11.7 Å². The number of likely N-dealkylation sites (tertiary alicyclic amines) is 1. The molecule has 1 aromatic heterocycles. The minimum atomic E-state index is 0.289. The highest BCUT2D eigenvalue weighted by Crippen LogP contribution is 2.50. The van der Waals surface area contributed by atoms with Crippen molar-refractivity contribution < 1.29 is 9.32 Å². The van der Waals surface area contributed by atoms with Gasteiger partial charge in [-0.15, -0.1) is 0 Å². The summed E-state index contributed by atoms with van der Waals surface area (Å²) in [5.74, 6) is 5.13. The van der Waals surface area contributed by atoms with E-state index < -0.39 is 0 Å². The van der Waals surface area contributed by atoms with Gasteiger partial charge in [-0.05, 0) is 69.1 Å².